The summed E-state index contributed by atoms with van der Waals surface area (Å²) in [4.78, 5) is 4.28. The Labute approximate surface area is 101 Å². The minimum atomic E-state index is 0.553. The SMILES string of the molecule is COc1ccc(-c2ccc(N)nc2C)c(C)c1. The molecule has 3 nitrogen and oxygen atoms in total. The highest BCUT2D eigenvalue weighted by atomic mass is 16.5. The van der Waals surface area contributed by atoms with Crippen molar-refractivity contribution >= 4 is 5.82 Å². The number of ether oxygens (including phenoxy) is 1. The standard InChI is InChI=1S/C14H16N2O/c1-9-8-11(17-3)4-5-12(9)13-6-7-14(15)16-10(13)2/h4-8H,1-3H3,(H2,15,16). The molecule has 1 aromatic heterocycles. The zero-order valence-electron chi connectivity index (χ0n) is 10.3. The van der Waals surface area contributed by atoms with Gasteiger partial charge in [-0.1, -0.05) is 6.07 Å². The number of nitrogens with two attached hydrogens (primary N) is 1. The molecular weight excluding hydrogens is 212 g/mol. The van der Waals surface area contributed by atoms with Gasteiger partial charge in [-0.15, -0.1) is 0 Å². The average Bonchev–Trinajstić information content (AvgIpc) is 2.30. The largest absolute Gasteiger partial charge is 0.497 e. The third-order valence-electron chi connectivity index (χ3n) is 2.83. The molecule has 1 aromatic carbocycles. The van der Waals surface area contributed by atoms with Gasteiger partial charge in [0.25, 0.3) is 0 Å². The monoisotopic (exact) mass is 228 g/mol. The molecule has 1 heterocycles. The van der Waals surface area contributed by atoms with Crippen LogP contribution in [0.1, 0.15) is 11.3 Å². The van der Waals surface area contributed by atoms with Crippen molar-refractivity contribution in [1.29, 1.82) is 0 Å². The van der Waals surface area contributed by atoms with Crippen molar-refractivity contribution in [3.8, 4) is 16.9 Å². The number of anilines is 1. The first-order chi connectivity index (χ1) is 8.11. The molecule has 0 bridgehead atoms. The summed E-state index contributed by atoms with van der Waals surface area (Å²) < 4.78 is 5.20. The zero-order valence-corrected chi connectivity index (χ0v) is 10.3. The topological polar surface area (TPSA) is 48.1 Å². The maximum Gasteiger partial charge on any atom is 0.123 e. The lowest BCUT2D eigenvalue weighted by atomic mass is 9.99. The molecule has 2 N–H and O–H groups in total. The van der Waals surface area contributed by atoms with Crippen LogP contribution in [0, 0.1) is 13.8 Å². The van der Waals surface area contributed by atoms with Crippen molar-refractivity contribution in [3.05, 3.63) is 41.6 Å². The van der Waals surface area contributed by atoms with Crippen LogP contribution in [0.2, 0.25) is 0 Å². The van der Waals surface area contributed by atoms with Gasteiger partial charge in [-0.3, -0.25) is 0 Å². The molecule has 3 heteroatoms. The highest BCUT2D eigenvalue weighted by Crippen LogP contribution is 2.28. The molecule has 0 atom stereocenters. The van der Waals surface area contributed by atoms with Gasteiger partial charge >= 0.3 is 0 Å². The van der Waals surface area contributed by atoms with Crippen LogP contribution in [0.15, 0.2) is 30.3 Å². The summed E-state index contributed by atoms with van der Waals surface area (Å²) in [7, 11) is 1.67. The lowest BCUT2D eigenvalue weighted by Crippen LogP contribution is -1.95. The second kappa shape index (κ2) is 4.45. The first-order valence-corrected chi connectivity index (χ1v) is 5.50. The molecule has 0 unspecified atom stereocenters. The predicted octanol–water partition coefficient (Wildman–Crippen LogP) is 2.96. The van der Waals surface area contributed by atoms with E-state index in [2.05, 4.69) is 11.9 Å². The molecule has 0 amide bonds. The number of rotatable bonds is 2. The zero-order chi connectivity index (χ0) is 12.4. The summed E-state index contributed by atoms with van der Waals surface area (Å²) in [5.41, 5.74) is 10.0. The van der Waals surface area contributed by atoms with Gasteiger partial charge in [0.05, 0.1) is 7.11 Å². The minimum Gasteiger partial charge on any atom is -0.497 e. The van der Waals surface area contributed by atoms with Gasteiger partial charge in [-0.2, -0.15) is 0 Å². The van der Waals surface area contributed by atoms with Crippen LogP contribution in [0.5, 0.6) is 5.75 Å². The predicted molar refractivity (Wildman–Crippen MR) is 70.1 cm³/mol. The number of nitrogens with zero attached hydrogens (tertiary/aromatic N) is 1. The van der Waals surface area contributed by atoms with Crippen molar-refractivity contribution in [3.63, 3.8) is 0 Å². The number of aromatic nitrogens is 1. The molecule has 0 spiro atoms. The Morgan fingerprint density at radius 1 is 1.06 bits per heavy atom. The van der Waals surface area contributed by atoms with Gasteiger partial charge in [0.2, 0.25) is 0 Å². The smallest absolute Gasteiger partial charge is 0.123 e. The fourth-order valence-electron chi connectivity index (χ4n) is 1.93. The molecule has 0 aliphatic rings. The molecule has 17 heavy (non-hydrogen) atoms. The molecule has 0 aliphatic carbocycles. The van der Waals surface area contributed by atoms with Crippen molar-refractivity contribution < 1.29 is 4.74 Å². The first kappa shape index (κ1) is 11.5. The Morgan fingerprint density at radius 2 is 1.76 bits per heavy atom. The molecule has 2 aromatic rings. The van der Waals surface area contributed by atoms with E-state index in [1.807, 2.05) is 37.3 Å². The van der Waals surface area contributed by atoms with E-state index in [-0.39, 0.29) is 0 Å². The summed E-state index contributed by atoms with van der Waals surface area (Å²) in [5, 5.41) is 0. The Balaban J connectivity index is 2.53. The molecule has 0 radical (unpaired) electrons. The van der Waals surface area contributed by atoms with E-state index < -0.39 is 0 Å². The van der Waals surface area contributed by atoms with E-state index in [4.69, 9.17) is 10.5 Å². The number of hydrogen-bond donors (Lipinski definition) is 1. The quantitative estimate of drug-likeness (QED) is 0.859. The van der Waals surface area contributed by atoms with Crippen LogP contribution < -0.4 is 10.5 Å². The van der Waals surface area contributed by atoms with Gasteiger partial charge in [0.15, 0.2) is 0 Å². The van der Waals surface area contributed by atoms with E-state index in [9.17, 15) is 0 Å². The Morgan fingerprint density at radius 3 is 2.35 bits per heavy atom. The summed E-state index contributed by atoms with van der Waals surface area (Å²) >= 11 is 0. The van der Waals surface area contributed by atoms with E-state index >= 15 is 0 Å². The van der Waals surface area contributed by atoms with Gasteiger partial charge in [-0.25, -0.2) is 4.98 Å². The number of aryl methyl sites for hydroxylation is 2. The number of methoxy groups -OCH3 is 1. The molecule has 2 rings (SSSR count). The van der Waals surface area contributed by atoms with Crippen molar-refractivity contribution in [2.24, 2.45) is 0 Å². The number of hydrogen-bond acceptors (Lipinski definition) is 3. The van der Waals surface area contributed by atoms with E-state index in [1.54, 1.807) is 7.11 Å². The Hall–Kier alpha value is -2.03. The van der Waals surface area contributed by atoms with Crippen LogP contribution in [-0.2, 0) is 0 Å². The van der Waals surface area contributed by atoms with Gasteiger partial charge in [0.1, 0.15) is 11.6 Å². The van der Waals surface area contributed by atoms with Crippen LogP contribution in [0.4, 0.5) is 5.82 Å². The highest BCUT2D eigenvalue weighted by Gasteiger charge is 2.07. The van der Waals surface area contributed by atoms with Crippen LogP contribution >= 0.6 is 0 Å². The van der Waals surface area contributed by atoms with Crippen molar-refractivity contribution in [2.75, 3.05) is 12.8 Å². The highest BCUT2D eigenvalue weighted by molar-refractivity contribution is 5.70. The Bertz CT molecular complexity index is 550. The second-order valence-corrected chi connectivity index (χ2v) is 4.05. The summed E-state index contributed by atoms with van der Waals surface area (Å²) in [5.74, 6) is 1.42. The number of benzene rings is 1. The lowest BCUT2D eigenvalue weighted by molar-refractivity contribution is 0.414. The third-order valence-corrected chi connectivity index (χ3v) is 2.83. The third kappa shape index (κ3) is 2.23. The van der Waals surface area contributed by atoms with Crippen molar-refractivity contribution in [2.45, 2.75) is 13.8 Å². The molecule has 0 saturated carbocycles. The first-order valence-electron chi connectivity index (χ1n) is 5.50. The van der Waals surface area contributed by atoms with Crippen LogP contribution in [0.3, 0.4) is 0 Å². The van der Waals surface area contributed by atoms with Gasteiger partial charge in [-0.05, 0) is 49.2 Å². The fraction of sp³-hybridized carbons (Fsp3) is 0.214. The maximum atomic E-state index is 5.66. The number of pyridine rings is 1. The van der Waals surface area contributed by atoms with Crippen LogP contribution in [0.25, 0.3) is 11.1 Å². The van der Waals surface area contributed by atoms with Gasteiger partial charge < -0.3 is 10.5 Å². The average molecular weight is 228 g/mol. The lowest BCUT2D eigenvalue weighted by Gasteiger charge is -2.10. The summed E-state index contributed by atoms with van der Waals surface area (Å²) in [6.45, 7) is 4.03. The molecule has 0 saturated heterocycles. The Kier molecular flexibility index (Phi) is 3.00. The summed E-state index contributed by atoms with van der Waals surface area (Å²) in [6, 6.07) is 9.86. The molecular formula is C14H16N2O. The molecule has 0 fully saturated rings. The summed E-state index contributed by atoms with van der Waals surface area (Å²) in [6.07, 6.45) is 0. The molecule has 88 valence electrons. The maximum absolute atomic E-state index is 5.66. The minimum absolute atomic E-state index is 0.553. The normalized spacial score (nSPS) is 10.3. The molecule has 0 aliphatic heterocycles. The van der Waals surface area contributed by atoms with Crippen LogP contribution in [-0.4, -0.2) is 12.1 Å². The van der Waals surface area contributed by atoms with Crippen molar-refractivity contribution in [1.82, 2.24) is 4.98 Å². The number of nitrogen functional groups attached to an aromatic ring is 1. The fourth-order valence-corrected chi connectivity index (χ4v) is 1.93. The van der Waals surface area contributed by atoms with E-state index in [0.29, 0.717) is 5.82 Å². The van der Waals surface area contributed by atoms with E-state index in [1.165, 1.54) is 5.56 Å². The van der Waals surface area contributed by atoms with Gasteiger partial charge in [0, 0.05) is 11.3 Å². The van der Waals surface area contributed by atoms with E-state index in [0.717, 1.165) is 22.6 Å². The second-order valence-electron chi connectivity index (χ2n) is 4.05.